The summed E-state index contributed by atoms with van der Waals surface area (Å²) in [5.74, 6) is 2.38. The molecule has 27 heavy (non-hydrogen) atoms. The van der Waals surface area contributed by atoms with Crippen LogP contribution in [0.1, 0.15) is 30.3 Å². The van der Waals surface area contributed by atoms with Crippen LogP contribution in [0.25, 0.3) is 6.08 Å². The molecule has 1 aromatic heterocycles. The molecular weight excluding hydrogens is 378 g/mol. The fourth-order valence-electron chi connectivity index (χ4n) is 2.78. The van der Waals surface area contributed by atoms with Gasteiger partial charge >= 0.3 is 0 Å². The number of hydrogen-bond donors (Lipinski definition) is 0. The number of hydrogen-bond acceptors (Lipinski definition) is 4. The van der Waals surface area contributed by atoms with Crippen LogP contribution in [0.4, 0.5) is 0 Å². The molecular formula is C21H20ClN3OS. The Hall–Kier alpha value is -2.24. The fourth-order valence-corrected chi connectivity index (χ4v) is 3.80. The van der Waals surface area contributed by atoms with E-state index >= 15 is 0 Å². The van der Waals surface area contributed by atoms with Gasteiger partial charge in [0.1, 0.15) is 12.4 Å². The zero-order valence-electron chi connectivity index (χ0n) is 14.8. The van der Waals surface area contributed by atoms with E-state index in [2.05, 4.69) is 39.0 Å². The van der Waals surface area contributed by atoms with Gasteiger partial charge in [-0.2, -0.15) is 0 Å². The first kappa shape index (κ1) is 18.1. The first-order valence-corrected chi connectivity index (χ1v) is 10.3. The third-order valence-electron chi connectivity index (χ3n) is 4.26. The Labute approximate surface area is 168 Å². The molecule has 1 fully saturated rings. The summed E-state index contributed by atoms with van der Waals surface area (Å²) in [6.07, 6.45) is 6.63. The Morgan fingerprint density at radius 3 is 2.63 bits per heavy atom. The summed E-state index contributed by atoms with van der Waals surface area (Å²) in [7, 11) is 0. The molecule has 0 unspecified atom stereocenters. The Bertz CT molecular complexity index is 922. The van der Waals surface area contributed by atoms with Crippen molar-refractivity contribution >= 4 is 29.4 Å². The second-order valence-corrected chi connectivity index (χ2v) is 7.74. The summed E-state index contributed by atoms with van der Waals surface area (Å²) >= 11 is 7.87. The summed E-state index contributed by atoms with van der Waals surface area (Å²) in [6, 6.07) is 18.3. The van der Waals surface area contributed by atoms with Crippen LogP contribution in [0.5, 0.6) is 5.75 Å². The predicted molar refractivity (Wildman–Crippen MR) is 110 cm³/mol. The van der Waals surface area contributed by atoms with E-state index in [0.717, 1.165) is 16.7 Å². The first-order chi connectivity index (χ1) is 13.3. The quantitative estimate of drug-likeness (QED) is 0.460. The first-order valence-electron chi connectivity index (χ1n) is 8.97. The van der Waals surface area contributed by atoms with Gasteiger partial charge in [0, 0.05) is 11.8 Å². The SMILES string of the molecule is Clc1ccccc1OCc1nnc(SC/C=C/c2ccccc2)n1C1CC1. The normalized spacial score (nSPS) is 14.0. The lowest BCUT2D eigenvalue weighted by Crippen LogP contribution is -2.07. The highest BCUT2D eigenvalue weighted by Gasteiger charge is 2.29. The summed E-state index contributed by atoms with van der Waals surface area (Å²) in [6.45, 7) is 0.369. The van der Waals surface area contributed by atoms with Gasteiger partial charge in [-0.15, -0.1) is 10.2 Å². The minimum absolute atomic E-state index is 0.369. The molecule has 0 N–H and O–H groups in total. The molecule has 1 aliphatic rings. The number of halogens is 1. The van der Waals surface area contributed by atoms with Crippen molar-refractivity contribution in [3.8, 4) is 5.75 Å². The van der Waals surface area contributed by atoms with E-state index in [4.69, 9.17) is 16.3 Å². The molecule has 138 valence electrons. The molecule has 4 nitrogen and oxygen atoms in total. The number of para-hydroxylation sites is 1. The average molecular weight is 398 g/mol. The van der Waals surface area contributed by atoms with E-state index in [0.29, 0.717) is 23.4 Å². The molecule has 0 aliphatic heterocycles. The molecule has 1 heterocycles. The molecule has 0 amide bonds. The monoisotopic (exact) mass is 397 g/mol. The average Bonchev–Trinajstić information content (AvgIpc) is 3.46. The van der Waals surface area contributed by atoms with E-state index in [1.165, 1.54) is 18.4 Å². The van der Waals surface area contributed by atoms with Gasteiger partial charge in [0.05, 0.1) is 5.02 Å². The summed E-state index contributed by atoms with van der Waals surface area (Å²) in [4.78, 5) is 0. The highest BCUT2D eigenvalue weighted by molar-refractivity contribution is 7.99. The maximum atomic E-state index is 6.17. The van der Waals surface area contributed by atoms with Crippen molar-refractivity contribution in [1.82, 2.24) is 14.8 Å². The maximum Gasteiger partial charge on any atom is 0.191 e. The second kappa shape index (κ2) is 8.63. The summed E-state index contributed by atoms with van der Waals surface area (Å²) in [5.41, 5.74) is 1.20. The largest absolute Gasteiger partial charge is 0.484 e. The van der Waals surface area contributed by atoms with Crippen molar-refractivity contribution < 1.29 is 4.74 Å². The van der Waals surface area contributed by atoms with Crippen LogP contribution < -0.4 is 4.74 Å². The molecule has 1 aliphatic carbocycles. The molecule has 0 bridgehead atoms. The number of rotatable bonds is 8. The van der Waals surface area contributed by atoms with Gasteiger partial charge in [-0.1, -0.05) is 78.0 Å². The topological polar surface area (TPSA) is 39.9 Å². The molecule has 0 spiro atoms. The molecule has 6 heteroatoms. The van der Waals surface area contributed by atoms with E-state index in [-0.39, 0.29) is 0 Å². The number of thioether (sulfide) groups is 1. The van der Waals surface area contributed by atoms with E-state index in [1.807, 2.05) is 42.5 Å². The molecule has 4 rings (SSSR count). The van der Waals surface area contributed by atoms with Crippen LogP contribution >= 0.6 is 23.4 Å². The Morgan fingerprint density at radius 2 is 1.85 bits per heavy atom. The Morgan fingerprint density at radius 1 is 1.07 bits per heavy atom. The molecule has 0 atom stereocenters. The van der Waals surface area contributed by atoms with Crippen LogP contribution in [-0.2, 0) is 6.61 Å². The van der Waals surface area contributed by atoms with Crippen molar-refractivity contribution in [3.63, 3.8) is 0 Å². The highest BCUT2D eigenvalue weighted by Crippen LogP contribution is 2.39. The van der Waals surface area contributed by atoms with Gasteiger partial charge in [0.25, 0.3) is 0 Å². The van der Waals surface area contributed by atoms with Crippen molar-refractivity contribution in [2.24, 2.45) is 0 Å². The maximum absolute atomic E-state index is 6.17. The lowest BCUT2D eigenvalue weighted by molar-refractivity contribution is 0.288. The zero-order chi connectivity index (χ0) is 18.5. The molecule has 0 saturated heterocycles. The van der Waals surface area contributed by atoms with Gasteiger partial charge in [-0.3, -0.25) is 4.57 Å². The van der Waals surface area contributed by atoms with Gasteiger partial charge in [0.15, 0.2) is 11.0 Å². The van der Waals surface area contributed by atoms with Crippen molar-refractivity contribution in [1.29, 1.82) is 0 Å². The smallest absolute Gasteiger partial charge is 0.191 e. The van der Waals surface area contributed by atoms with Crippen molar-refractivity contribution in [2.45, 2.75) is 30.6 Å². The Kier molecular flexibility index (Phi) is 5.80. The van der Waals surface area contributed by atoms with Crippen LogP contribution in [0.2, 0.25) is 5.02 Å². The van der Waals surface area contributed by atoms with E-state index in [1.54, 1.807) is 11.8 Å². The van der Waals surface area contributed by atoms with E-state index < -0.39 is 0 Å². The van der Waals surface area contributed by atoms with Gasteiger partial charge < -0.3 is 4.74 Å². The van der Waals surface area contributed by atoms with Gasteiger partial charge in [-0.05, 0) is 30.5 Å². The van der Waals surface area contributed by atoms with Crippen LogP contribution in [-0.4, -0.2) is 20.5 Å². The minimum atomic E-state index is 0.369. The van der Waals surface area contributed by atoms with Crippen molar-refractivity contribution in [2.75, 3.05) is 5.75 Å². The molecule has 2 aromatic carbocycles. The van der Waals surface area contributed by atoms with Gasteiger partial charge in [0.2, 0.25) is 0 Å². The molecule has 1 saturated carbocycles. The lowest BCUT2D eigenvalue weighted by atomic mass is 10.2. The van der Waals surface area contributed by atoms with Crippen LogP contribution in [0, 0.1) is 0 Å². The fraction of sp³-hybridized carbons (Fsp3) is 0.238. The van der Waals surface area contributed by atoms with Crippen LogP contribution in [0.3, 0.4) is 0 Å². The third kappa shape index (κ3) is 4.73. The van der Waals surface area contributed by atoms with Gasteiger partial charge in [-0.25, -0.2) is 0 Å². The number of aromatic nitrogens is 3. The second-order valence-electron chi connectivity index (χ2n) is 6.34. The number of ether oxygens (including phenoxy) is 1. The van der Waals surface area contributed by atoms with E-state index in [9.17, 15) is 0 Å². The Balaban J connectivity index is 1.40. The number of benzene rings is 2. The standard InChI is InChI=1S/C21H20ClN3OS/c22-18-10-4-5-11-19(18)26-15-20-23-24-21(25(20)17-12-13-17)27-14-6-9-16-7-2-1-3-8-16/h1-11,17H,12-15H2/b9-6+. The summed E-state index contributed by atoms with van der Waals surface area (Å²) < 4.78 is 8.08. The van der Waals surface area contributed by atoms with Crippen LogP contribution in [0.15, 0.2) is 65.8 Å². The van der Waals surface area contributed by atoms with Crippen molar-refractivity contribution in [3.05, 3.63) is 77.1 Å². The predicted octanol–water partition coefficient (Wildman–Crippen LogP) is 5.65. The molecule has 3 aromatic rings. The summed E-state index contributed by atoms with van der Waals surface area (Å²) in [5, 5.41) is 10.3. The highest BCUT2D eigenvalue weighted by atomic mass is 35.5. The third-order valence-corrected chi connectivity index (χ3v) is 5.47. The molecule has 0 radical (unpaired) electrons. The minimum Gasteiger partial charge on any atom is -0.484 e. The zero-order valence-corrected chi connectivity index (χ0v) is 16.4. The lowest BCUT2D eigenvalue weighted by Gasteiger charge is -2.10. The number of nitrogens with zero attached hydrogens (tertiary/aromatic N) is 3.